The maximum Gasteiger partial charge on any atom is 0.273 e. The maximum absolute atomic E-state index is 13.5. The Labute approximate surface area is 115 Å². The second-order valence-corrected chi connectivity index (χ2v) is 3.95. The van der Waals surface area contributed by atoms with E-state index in [-0.39, 0.29) is 18.1 Å². The number of anilines is 1. The van der Waals surface area contributed by atoms with Crippen LogP contribution in [0, 0.1) is 17.7 Å². The van der Waals surface area contributed by atoms with E-state index in [0.29, 0.717) is 11.4 Å². The van der Waals surface area contributed by atoms with Crippen molar-refractivity contribution in [3.63, 3.8) is 0 Å². The third-order valence-electron chi connectivity index (χ3n) is 2.58. The molecule has 20 heavy (non-hydrogen) atoms. The second kappa shape index (κ2) is 5.99. The first kappa shape index (κ1) is 13.8. The molecule has 1 aromatic heterocycles. The van der Waals surface area contributed by atoms with Crippen LogP contribution in [0.5, 0.6) is 0 Å². The summed E-state index contributed by atoms with van der Waals surface area (Å²) in [5.41, 5.74) is 0.916. The summed E-state index contributed by atoms with van der Waals surface area (Å²) in [5, 5.41) is 15.1. The van der Waals surface area contributed by atoms with E-state index in [1.807, 2.05) is 0 Å². The lowest BCUT2D eigenvalue weighted by Crippen LogP contribution is -2.16. The number of aryl methyl sites for hydroxylation is 1. The molecule has 0 fully saturated rings. The number of aliphatic hydroxyl groups excluding tert-OH is 1. The molecule has 0 saturated carbocycles. The summed E-state index contributed by atoms with van der Waals surface area (Å²) < 4.78 is 14.9. The Bertz CT molecular complexity index is 698. The topological polar surface area (TPSA) is 67.2 Å². The van der Waals surface area contributed by atoms with Crippen molar-refractivity contribution in [2.24, 2.45) is 7.05 Å². The summed E-state index contributed by atoms with van der Waals surface area (Å²) in [6.45, 7) is -0.356. The van der Waals surface area contributed by atoms with E-state index in [1.54, 1.807) is 13.1 Å². The minimum absolute atomic E-state index is 0.113. The number of nitrogens with zero attached hydrogens (tertiary/aromatic N) is 2. The summed E-state index contributed by atoms with van der Waals surface area (Å²) in [7, 11) is 1.65. The summed E-state index contributed by atoms with van der Waals surface area (Å²) in [6, 6.07) is 5.63. The summed E-state index contributed by atoms with van der Waals surface area (Å²) in [5.74, 6) is 3.98. The van der Waals surface area contributed by atoms with E-state index in [9.17, 15) is 9.18 Å². The van der Waals surface area contributed by atoms with Crippen LogP contribution in [0.4, 0.5) is 10.1 Å². The zero-order valence-corrected chi connectivity index (χ0v) is 10.7. The van der Waals surface area contributed by atoms with Gasteiger partial charge in [0, 0.05) is 18.9 Å². The number of hydrogen-bond acceptors (Lipinski definition) is 3. The first-order valence-electron chi connectivity index (χ1n) is 5.80. The highest BCUT2D eigenvalue weighted by Gasteiger charge is 2.10. The number of halogens is 1. The molecule has 6 heteroatoms. The fourth-order valence-corrected chi connectivity index (χ4v) is 1.63. The Kier molecular flexibility index (Phi) is 4.13. The van der Waals surface area contributed by atoms with Crippen molar-refractivity contribution in [2.75, 3.05) is 11.9 Å². The van der Waals surface area contributed by atoms with Crippen LogP contribution in [0.1, 0.15) is 16.1 Å². The van der Waals surface area contributed by atoms with E-state index in [2.05, 4.69) is 22.3 Å². The highest BCUT2D eigenvalue weighted by molar-refractivity contribution is 6.03. The number of benzene rings is 1. The number of rotatable bonds is 2. The fourth-order valence-electron chi connectivity index (χ4n) is 1.63. The number of amides is 1. The number of hydrogen-bond donors (Lipinski definition) is 2. The fraction of sp³-hybridized carbons (Fsp3) is 0.143. The molecular formula is C14H12FN3O2. The van der Waals surface area contributed by atoms with E-state index in [4.69, 9.17) is 5.11 Å². The zero-order chi connectivity index (χ0) is 14.5. The third kappa shape index (κ3) is 3.02. The lowest BCUT2D eigenvalue weighted by atomic mass is 10.2. The van der Waals surface area contributed by atoms with E-state index >= 15 is 0 Å². The van der Waals surface area contributed by atoms with Crippen molar-refractivity contribution in [1.29, 1.82) is 0 Å². The molecule has 1 aromatic carbocycles. The number of aliphatic hydroxyl groups is 1. The Hall–Kier alpha value is -2.65. The molecule has 2 rings (SSSR count). The van der Waals surface area contributed by atoms with Gasteiger partial charge in [-0.15, -0.1) is 0 Å². The predicted molar refractivity (Wildman–Crippen MR) is 71.5 cm³/mol. The minimum Gasteiger partial charge on any atom is -0.384 e. The molecule has 1 amide bonds. The minimum atomic E-state index is -0.510. The summed E-state index contributed by atoms with van der Waals surface area (Å²) in [6.07, 6.45) is 1.51. The molecule has 0 aliphatic rings. The number of nitrogens with one attached hydrogen (secondary N) is 1. The van der Waals surface area contributed by atoms with Gasteiger partial charge in [-0.25, -0.2) is 4.39 Å². The Balaban J connectivity index is 2.22. The summed E-state index contributed by atoms with van der Waals surface area (Å²) >= 11 is 0. The van der Waals surface area contributed by atoms with Gasteiger partial charge >= 0.3 is 0 Å². The second-order valence-electron chi connectivity index (χ2n) is 3.95. The molecule has 102 valence electrons. The van der Waals surface area contributed by atoms with E-state index in [0.717, 1.165) is 0 Å². The smallest absolute Gasteiger partial charge is 0.273 e. The molecule has 0 saturated heterocycles. The standard InChI is InChI=1S/C14H12FN3O2/c1-18-13(6-7-16-18)14(20)17-11-4-5-12(15)10(9-11)3-2-8-19/h4-7,9,19H,8H2,1H3,(H,17,20). The van der Waals surface area contributed by atoms with Gasteiger partial charge in [-0.2, -0.15) is 5.10 Å². The number of carbonyl (C=O) groups excluding carboxylic acids is 1. The van der Waals surface area contributed by atoms with Crippen molar-refractivity contribution in [3.05, 3.63) is 47.5 Å². The highest BCUT2D eigenvalue weighted by atomic mass is 19.1. The maximum atomic E-state index is 13.5. The molecule has 2 aromatic rings. The highest BCUT2D eigenvalue weighted by Crippen LogP contribution is 2.15. The Morgan fingerprint density at radius 2 is 2.30 bits per heavy atom. The van der Waals surface area contributed by atoms with Crippen LogP contribution < -0.4 is 5.32 Å². The normalized spacial score (nSPS) is 9.75. The molecule has 1 heterocycles. The molecule has 2 N–H and O–H groups in total. The molecule has 0 spiro atoms. The van der Waals surface area contributed by atoms with Gasteiger partial charge in [0.2, 0.25) is 0 Å². The van der Waals surface area contributed by atoms with Gasteiger partial charge in [-0.1, -0.05) is 11.8 Å². The van der Waals surface area contributed by atoms with Gasteiger partial charge < -0.3 is 10.4 Å². The molecule has 0 atom stereocenters. The average molecular weight is 273 g/mol. The largest absolute Gasteiger partial charge is 0.384 e. The van der Waals surface area contributed by atoms with Crippen LogP contribution >= 0.6 is 0 Å². The van der Waals surface area contributed by atoms with Crippen molar-refractivity contribution in [1.82, 2.24) is 9.78 Å². The molecule has 0 aliphatic carbocycles. The molecule has 0 bridgehead atoms. The van der Waals surface area contributed by atoms with Gasteiger partial charge in [-0.05, 0) is 24.3 Å². The number of aromatic nitrogens is 2. The van der Waals surface area contributed by atoms with Crippen molar-refractivity contribution >= 4 is 11.6 Å². The average Bonchev–Trinajstić information content (AvgIpc) is 2.85. The van der Waals surface area contributed by atoms with Crippen molar-refractivity contribution < 1.29 is 14.3 Å². The molecular weight excluding hydrogens is 261 g/mol. The molecule has 0 aliphatic heterocycles. The lowest BCUT2D eigenvalue weighted by molar-refractivity contribution is 0.101. The van der Waals surface area contributed by atoms with E-state index < -0.39 is 5.82 Å². The first-order valence-corrected chi connectivity index (χ1v) is 5.80. The van der Waals surface area contributed by atoms with Gasteiger partial charge in [-0.3, -0.25) is 9.48 Å². The van der Waals surface area contributed by atoms with Crippen LogP contribution in [-0.2, 0) is 7.05 Å². The number of carbonyl (C=O) groups is 1. The van der Waals surface area contributed by atoms with Gasteiger partial charge in [0.25, 0.3) is 5.91 Å². The zero-order valence-electron chi connectivity index (χ0n) is 10.7. The van der Waals surface area contributed by atoms with Crippen LogP contribution in [0.3, 0.4) is 0 Å². The third-order valence-corrected chi connectivity index (χ3v) is 2.58. The quantitative estimate of drug-likeness (QED) is 0.807. The van der Waals surface area contributed by atoms with Gasteiger partial charge in [0.05, 0.1) is 5.56 Å². The van der Waals surface area contributed by atoms with Gasteiger partial charge in [0.1, 0.15) is 18.1 Å². The Morgan fingerprint density at radius 3 is 2.95 bits per heavy atom. The first-order chi connectivity index (χ1) is 9.61. The van der Waals surface area contributed by atoms with Crippen LogP contribution in [0.25, 0.3) is 0 Å². The molecule has 0 unspecified atom stereocenters. The predicted octanol–water partition coefficient (Wildman–Crippen LogP) is 1.16. The van der Waals surface area contributed by atoms with Crippen molar-refractivity contribution in [3.8, 4) is 11.8 Å². The summed E-state index contributed by atoms with van der Waals surface area (Å²) in [4.78, 5) is 12.0. The van der Waals surface area contributed by atoms with Crippen LogP contribution in [0.15, 0.2) is 30.5 Å². The van der Waals surface area contributed by atoms with Crippen LogP contribution in [-0.4, -0.2) is 27.4 Å². The SMILES string of the molecule is Cn1nccc1C(=O)Nc1ccc(F)c(C#CCO)c1. The van der Waals surface area contributed by atoms with Crippen molar-refractivity contribution in [2.45, 2.75) is 0 Å². The lowest BCUT2D eigenvalue weighted by Gasteiger charge is -2.06. The van der Waals surface area contributed by atoms with Gasteiger partial charge in [0.15, 0.2) is 0 Å². The van der Waals surface area contributed by atoms with Crippen LogP contribution in [0.2, 0.25) is 0 Å². The molecule has 0 radical (unpaired) electrons. The van der Waals surface area contributed by atoms with E-state index in [1.165, 1.54) is 29.1 Å². The monoisotopic (exact) mass is 273 g/mol. The Morgan fingerprint density at radius 1 is 1.50 bits per heavy atom. The molecule has 5 nitrogen and oxygen atoms in total.